The van der Waals surface area contributed by atoms with Gasteiger partial charge in [-0.15, -0.1) is 0 Å². The molecule has 3 rings (SSSR count). The smallest absolute Gasteiger partial charge is 0.339 e. The van der Waals surface area contributed by atoms with Gasteiger partial charge in [0.2, 0.25) is 0 Å². The number of para-hydroxylation sites is 2. The number of aromatic amines is 1. The molecule has 5 heteroatoms. The third-order valence-electron chi connectivity index (χ3n) is 2.43. The molecule has 2 aliphatic rings. The Labute approximate surface area is 90.1 Å². The Kier molecular flexibility index (Phi) is 1.67. The lowest BCUT2D eigenvalue weighted by Gasteiger charge is -2.02. The van der Waals surface area contributed by atoms with Gasteiger partial charge >= 0.3 is 5.97 Å². The summed E-state index contributed by atoms with van der Waals surface area (Å²) in [5, 5.41) is 8.96. The summed E-state index contributed by atoms with van der Waals surface area (Å²) in [6.07, 6.45) is 1.31. The van der Waals surface area contributed by atoms with E-state index in [1.54, 1.807) is 0 Å². The predicted octanol–water partition coefficient (Wildman–Crippen LogP) is 1.76. The van der Waals surface area contributed by atoms with Crippen molar-refractivity contribution < 1.29 is 9.90 Å². The second kappa shape index (κ2) is 3.03. The monoisotopic (exact) mass is 213 g/mol. The molecule has 2 aliphatic heterocycles. The average molecular weight is 213 g/mol. The molecule has 0 aromatic heterocycles. The van der Waals surface area contributed by atoms with Gasteiger partial charge in [-0.3, -0.25) is 0 Å². The van der Waals surface area contributed by atoms with Crippen molar-refractivity contribution in [3.8, 4) is 11.5 Å². The zero-order valence-electron chi connectivity index (χ0n) is 8.14. The number of aromatic nitrogens is 3. The number of hydrogen-bond donors (Lipinski definition) is 2. The Hall–Kier alpha value is -2.43. The second-order valence-electron chi connectivity index (χ2n) is 3.43. The van der Waals surface area contributed by atoms with Crippen LogP contribution in [0.4, 0.5) is 0 Å². The van der Waals surface area contributed by atoms with E-state index < -0.39 is 5.97 Å². The van der Waals surface area contributed by atoms with Crippen LogP contribution < -0.4 is 0 Å². The van der Waals surface area contributed by atoms with Crippen LogP contribution in [0.2, 0.25) is 0 Å². The van der Waals surface area contributed by atoms with Crippen LogP contribution in [0.15, 0.2) is 30.5 Å². The van der Waals surface area contributed by atoms with Crippen molar-refractivity contribution in [2.45, 2.75) is 0 Å². The molecule has 2 heterocycles. The molecule has 0 bridgehead atoms. The number of carboxylic acids is 1. The van der Waals surface area contributed by atoms with Gasteiger partial charge in [0, 0.05) is 6.20 Å². The van der Waals surface area contributed by atoms with Crippen LogP contribution in [0.3, 0.4) is 0 Å². The maximum absolute atomic E-state index is 10.9. The van der Waals surface area contributed by atoms with E-state index in [0.717, 1.165) is 11.0 Å². The second-order valence-corrected chi connectivity index (χ2v) is 3.43. The summed E-state index contributed by atoms with van der Waals surface area (Å²) in [6, 6.07) is 7.43. The van der Waals surface area contributed by atoms with Crippen LogP contribution in [-0.4, -0.2) is 26.0 Å². The van der Waals surface area contributed by atoms with Crippen molar-refractivity contribution in [1.82, 2.24) is 15.0 Å². The molecule has 0 unspecified atom stereocenters. The molecule has 0 atom stereocenters. The molecule has 0 saturated carbocycles. The SMILES string of the molecule is O=C(O)c1cnc2nc3ccccc3[nH]c1-2. The van der Waals surface area contributed by atoms with Gasteiger partial charge in [-0.05, 0) is 12.1 Å². The van der Waals surface area contributed by atoms with Gasteiger partial charge in [0.05, 0.1) is 11.0 Å². The molecule has 0 radical (unpaired) electrons. The molecule has 78 valence electrons. The van der Waals surface area contributed by atoms with E-state index >= 15 is 0 Å². The highest BCUT2D eigenvalue weighted by Crippen LogP contribution is 2.23. The minimum Gasteiger partial charge on any atom is -0.478 e. The third kappa shape index (κ3) is 1.15. The first kappa shape index (κ1) is 8.84. The van der Waals surface area contributed by atoms with Crippen molar-refractivity contribution >= 4 is 17.0 Å². The number of benzene rings is 1. The summed E-state index contributed by atoms with van der Waals surface area (Å²) in [4.78, 5) is 22.2. The van der Waals surface area contributed by atoms with Crippen LogP contribution in [0.25, 0.3) is 22.6 Å². The summed E-state index contributed by atoms with van der Waals surface area (Å²) in [6.45, 7) is 0. The summed E-state index contributed by atoms with van der Waals surface area (Å²) in [7, 11) is 0. The first-order chi connectivity index (χ1) is 7.75. The molecule has 0 aliphatic carbocycles. The summed E-state index contributed by atoms with van der Waals surface area (Å²) >= 11 is 0. The van der Waals surface area contributed by atoms with Crippen molar-refractivity contribution in [3.05, 3.63) is 36.0 Å². The largest absolute Gasteiger partial charge is 0.478 e. The van der Waals surface area contributed by atoms with E-state index in [1.807, 2.05) is 24.3 Å². The number of nitrogens with one attached hydrogen (secondary N) is 1. The minimum atomic E-state index is -1.00. The predicted molar refractivity (Wildman–Crippen MR) is 57.5 cm³/mol. The van der Waals surface area contributed by atoms with Crippen LogP contribution in [0, 0.1) is 0 Å². The average Bonchev–Trinajstić information content (AvgIpc) is 2.68. The van der Waals surface area contributed by atoms with Crippen molar-refractivity contribution in [2.75, 3.05) is 0 Å². The molecule has 1 aromatic carbocycles. The summed E-state index contributed by atoms with van der Waals surface area (Å²) in [5.74, 6) is -0.577. The zero-order valence-corrected chi connectivity index (χ0v) is 8.14. The van der Waals surface area contributed by atoms with Gasteiger partial charge in [-0.2, -0.15) is 0 Å². The molecular formula is C11H7N3O2. The van der Waals surface area contributed by atoms with Gasteiger partial charge < -0.3 is 10.1 Å². The van der Waals surface area contributed by atoms with Crippen LogP contribution in [0.1, 0.15) is 10.4 Å². The van der Waals surface area contributed by atoms with E-state index in [1.165, 1.54) is 6.20 Å². The topological polar surface area (TPSA) is 78.9 Å². The minimum absolute atomic E-state index is 0.147. The molecule has 0 fully saturated rings. The molecule has 0 saturated heterocycles. The lowest BCUT2D eigenvalue weighted by molar-refractivity contribution is 0.0697. The van der Waals surface area contributed by atoms with Crippen LogP contribution >= 0.6 is 0 Å². The molecule has 2 N–H and O–H groups in total. The first-order valence-corrected chi connectivity index (χ1v) is 4.72. The fourth-order valence-corrected chi connectivity index (χ4v) is 1.67. The molecular weight excluding hydrogens is 206 g/mol. The zero-order chi connectivity index (χ0) is 11.1. The van der Waals surface area contributed by atoms with E-state index in [9.17, 15) is 4.79 Å². The number of carbonyl (C=O) groups is 1. The number of rotatable bonds is 1. The first-order valence-electron chi connectivity index (χ1n) is 4.72. The lowest BCUT2D eigenvalue weighted by atomic mass is 10.2. The highest BCUT2D eigenvalue weighted by atomic mass is 16.4. The third-order valence-corrected chi connectivity index (χ3v) is 2.43. The van der Waals surface area contributed by atoms with Gasteiger partial charge in [-0.25, -0.2) is 14.8 Å². The van der Waals surface area contributed by atoms with Crippen LogP contribution in [0.5, 0.6) is 0 Å². The number of hydrogen-bond acceptors (Lipinski definition) is 3. The van der Waals surface area contributed by atoms with Crippen LogP contribution in [-0.2, 0) is 0 Å². The van der Waals surface area contributed by atoms with Gasteiger partial charge in [0.1, 0.15) is 11.3 Å². The Bertz CT molecular complexity index is 659. The van der Waals surface area contributed by atoms with E-state index in [-0.39, 0.29) is 5.56 Å². The van der Waals surface area contributed by atoms with Gasteiger partial charge in [0.25, 0.3) is 0 Å². The van der Waals surface area contributed by atoms with Crippen molar-refractivity contribution in [3.63, 3.8) is 0 Å². The maximum atomic E-state index is 10.9. The Morgan fingerprint density at radius 1 is 1.31 bits per heavy atom. The quantitative estimate of drug-likeness (QED) is 0.645. The Balaban J connectivity index is 2.40. The van der Waals surface area contributed by atoms with E-state index in [2.05, 4.69) is 15.0 Å². The highest BCUT2D eigenvalue weighted by molar-refractivity contribution is 5.95. The Morgan fingerprint density at radius 2 is 2.12 bits per heavy atom. The normalized spacial score (nSPS) is 11.0. The van der Waals surface area contributed by atoms with E-state index in [0.29, 0.717) is 11.5 Å². The molecule has 0 amide bonds. The summed E-state index contributed by atoms with van der Waals surface area (Å²) < 4.78 is 0. The molecule has 0 spiro atoms. The fraction of sp³-hybridized carbons (Fsp3) is 0. The lowest BCUT2D eigenvalue weighted by Crippen LogP contribution is -1.99. The van der Waals surface area contributed by atoms with Crippen molar-refractivity contribution in [1.29, 1.82) is 0 Å². The van der Waals surface area contributed by atoms with Gasteiger partial charge in [0.15, 0.2) is 5.82 Å². The maximum Gasteiger partial charge on any atom is 0.339 e. The summed E-state index contributed by atoms with van der Waals surface area (Å²) in [5.41, 5.74) is 2.18. The Morgan fingerprint density at radius 3 is 2.94 bits per heavy atom. The molecule has 16 heavy (non-hydrogen) atoms. The number of H-pyrrole nitrogens is 1. The molecule has 1 aromatic rings. The number of fused-ring (bicyclic) bond motifs is 2. The van der Waals surface area contributed by atoms with Gasteiger partial charge in [-0.1, -0.05) is 12.1 Å². The molecule has 5 nitrogen and oxygen atoms in total. The van der Waals surface area contributed by atoms with E-state index in [4.69, 9.17) is 5.11 Å². The number of aromatic carboxylic acids is 1. The standard InChI is InChI=1S/C11H7N3O2/c15-11(16)6-5-12-10-9(6)13-7-3-1-2-4-8(7)14-10/h1-5,13H,(H,15,16). The highest BCUT2D eigenvalue weighted by Gasteiger charge is 2.18. The number of nitrogens with zero attached hydrogens (tertiary/aromatic N) is 2. The van der Waals surface area contributed by atoms with Crippen molar-refractivity contribution in [2.24, 2.45) is 0 Å². The fourth-order valence-electron chi connectivity index (χ4n) is 1.67. The number of carboxylic acid groups (broad SMARTS) is 1.